The first-order valence-electron chi connectivity index (χ1n) is 8.21. The van der Waals surface area contributed by atoms with E-state index in [0.717, 1.165) is 31.7 Å². The smallest absolute Gasteiger partial charge is 0.418 e. The molecule has 2 aromatic rings. The van der Waals surface area contributed by atoms with Crippen LogP contribution in [0, 0.1) is 0 Å². The number of pyridine rings is 1. The molecule has 2 aromatic heterocycles. The van der Waals surface area contributed by atoms with Crippen molar-refractivity contribution in [2.45, 2.75) is 44.8 Å². The normalized spacial score (nSPS) is 15.5. The Morgan fingerprint density at radius 1 is 1.36 bits per heavy atom. The third-order valence-electron chi connectivity index (χ3n) is 4.25. The van der Waals surface area contributed by atoms with E-state index in [2.05, 4.69) is 10.1 Å². The summed E-state index contributed by atoms with van der Waals surface area (Å²) in [5.41, 5.74) is -0.861. The molecular weight excluding hydrogens is 335 g/mol. The van der Waals surface area contributed by atoms with Gasteiger partial charge in [-0.2, -0.15) is 18.3 Å². The molecule has 3 rings (SSSR count). The molecule has 5 nitrogen and oxygen atoms in total. The fraction of sp³-hybridized carbons (Fsp3) is 0.471. The first-order valence-corrected chi connectivity index (χ1v) is 8.21. The Hall–Kier alpha value is -2.38. The number of aromatic nitrogens is 3. The number of carbonyl (C=O) groups is 1. The maximum atomic E-state index is 13.4. The van der Waals surface area contributed by atoms with E-state index in [9.17, 15) is 18.0 Å². The van der Waals surface area contributed by atoms with Gasteiger partial charge in [-0.15, -0.1) is 0 Å². The monoisotopic (exact) mass is 353 g/mol. The molecule has 0 radical (unpaired) electrons. The van der Waals surface area contributed by atoms with Gasteiger partial charge in [0.1, 0.15) is 5.69 Å². The van der Waals surface area contributed by atoms with Crippen molar-refractivity contribution in [1.82, 2.24) is 14.8 Å². The van der Waals surface area contributed by atoms with E-state index in [-0.39, 0.29) is 29.7 Å². The number of nitrogens with zero attached hydrogens (tertiary/aromatic N) is 3. The maximum Gasteiger partial charge on any atom is 0.418 e. The lowest BCUT2D eigenvalue weighted by molar-refractivity contribution is -0.137. The Morgan fingerprint density at radius 3 is 2.72 bits per heavy atom. The largest absolute Gasteiger partial charge is 0.461 e. The van der Waals surface area contributed by atoms with Gasteiger partial charge in [0, 0.05) is 12.3 Å². The molecular formula is C17H18F3N3O2. The van der Waals surface area contributed by atoms with E-state index in [1.54, 1.807) is 6.92 Å². The van der Waals surface area contributed by atoms with Crippen molar-refractivity contribution in [2.24, 2.45) is 0 Å². The summed E-state index contributed by atoms with van der Waals surface area (Å²) in [7, 11) is 0. The molecule has 0 amide bonds. The Morgan fingerprint density at radius 2 is 2.08 bits per heavy atom. The maximum absolute atomic E-state index is 13.4. The first kappa shape index (κ1) is 17.4. The van der Waals surface area contributed by atoms with Gasteiger partial charge in [0.2, 0.25) is 0 Å². The van der Waals surface area contributed by atoms with Crippen LogP contribution >= 0.6 is 0 Å². The summed E-state index contributed by atoms with van der Waals surface area (Å²) < 4.78 is 46.5. The van der Waals surface area contributed by atoms with Gasteiger partial charge in [-0.25, -0.2) is 4.79 Å². The summed E-state index contributed by atoms with van der Waals surface area (Å²) in [6, 6.07) is 3.53. The fourth-order valence-electron chi connectivity index (χ4n) is 3.14. The molecule has 0 N–H and O–H groups in total. The zero-order valence-electron chi connectivity index (χ0n) is 13.7. The molecule has 0 unspecified atom stereocenters. The summed E-state index contributed by atoms with van der Waals surface area (Å²) >= 11 is 0. The van der Waals surface area contributed by atoms with Crippen LogP contribution in [0.1, 0.15) is 54.7 Å². The number of ether oxygens (including phenoxy) is 1. The molecule has 0 bridgehead atoms. The van der Waals surface area contributed by atoms with Gasteiger partial charge in [0.05, 0.1) is 23.9 Å². The summed E-state index contributed by atoms with van der Waals surface area (Å²) in [4.78, 5) is 15.9. The van der Waals surface area contributed by atoms with E-state index >= 15 is 0 Å². The Bertz CT molecular complexity index is 765. The predicted molar refractivity (Wildman–Crippen MR) is 83.9 cm³/mol. The molecule has 1 aliphatic rings. The van der Waals surface area contributed by atoms with Crippen molar-refractivity contribution in [2.75, 3.05) is 6.61 Å². The Balaban J connectivity index is 2.13. The van der Waals surface area contributed by atoms with Gasteiger partial charge < -0.3 is 4.74 Å². The molecule has 0 aliphatic heterocycles. The Labute approximate surface area is 142 Å². The number of halogens is 3. The topological polar surface area (TPSA) is 57.0 Å². The van der Waals surface area contributed by atoms with Gasteiger partial charge in [-0.1, -0.05) is 12.8 Å². The molecule has 1 fully saturated rings. The van der Waals surface area contributed by atoms with E-state index in [1.807, 2.05) is 0 Å². The lowest BCUT2D eigenvalue weighted by atomic mass is 10.1. The zero-order valence-corrected chi connectivity index (χ0v) is 13.7. The molecule has 8 heteroatoms. The van der Waals surface area contributed by atoms with Crippen molar-refractivity contribution in [1.29, 1.82) is 0 Å². The molecule has 2 heterocycles. The number of hydrogen-bond acceptors (Lipinski definition) is 4. The highest BCUT2D eigenvalue weighted by Gasteiger charge is 2.36. The second kappa shape index (κ2) is 6.85. The number of carbonyl (C=O) groups excluding carboxylic acids is 1. The average molecular weight is 353 g/mol. The van der Waals surface area contributed by atoms with Crippen LogP contribution in [0.15, 0.2) is 24.4 Å². The van der Waals surface area contributed by atoms with Crippen LogP contribution in [0.2, 0.25) is 0 Å². The number of rotatable bonds is 4. The summed E-state index contributed by atoms with van der Waals surface area (Å²) in [6.45, 7) is 1.83. The minimum absolute atomic E-state index is 0.00234. The number of esters is 1. The third-order valence-corrected chi connectivity index (χ3v) is 4.25. The number of hydrogen-bond donors (Lipinski definition) is 0. The lowest BCUT2D eigenvalue weighted by Gasteiger charge is -2.16. The summed E-state index contributed by atoms with van der Waals surface area (Å²) in [5, 5.41) is 4.25. The van der Waals surface area contributed by atoms with Gasteiger partial charge in [-0.05, 0) is 31.9 Å². The van der Waals surface area contributed by atoms with E-state index in [4.69, 9.17) is 4.74 Å². The van der Waals surface area contributed by atoms with Gasteiger partial charge in [0.25, 0.3) is 0 Å². The molecule has 1 saturated carbocycles. The van der Waals surface area contributed by atoms with Crippen LogP contribution in [0.4, 0.5) is 13.2 Å². The van der Waals surface area contributed by atoms with Crippen molar-refractivity contribution in [3.05, 3.63) is 35.7 Å². The highest BCUT2D eigenvalue weighted by Crippen LogP contribution is 2.38. The van der Waals surface area contributed by atoms with E-state index in [1.165, 1.54) is 23.0 Å². The standard InChI is InChI=1S/C17H18F3N3O2/c1-2-25-16(24)13-10-14(23(22-13)11-6-3-4-7-11)15-12(17(18,19)20)8-5-9-21-15/h5,8-11H,2-4,6-7H2,1H3. The minimum atomic E-state index is -4.54. The molecule has 134 valence electrons. The molecule has 0 spiro atoms. The molecule has 25 heavy (non-hydrogen) atoms. The lowest BCUT2D eigenvalue weighted by Crippen LogP contribution is -2.13. The molecule has 0 saturated heterocycles. The van der Waals surface area contributed by atoms with Crippen LogP contribution in [-0.2, 0) is 10.9 Å². The van der Waals surface area contributed by atoms with Gasteiger partial charge in [0.15, 0.2) is 5.69 Å². The predicted octanol–water partition coefficient (Wildman–Crippen LogP) is 4.26. The van der Waals surface area contributed by atoms with Crippen molar-refractivity contribution in [3.63, 3.8) is 0 Å². The quantitative estimate of drug-likeness (QED) is 0.771. The minimum Gasteiger partial charge on any atom is -0.461 e. The molecule has 1 aliphatic carbocycles. The third kappa shape index (κ3) is 3.52. The second-order valence-corrected chi connectivity index (χ2v) is 5.92. The highest BCUT2D eigenvalue weighted by atomic mass is 19.4. The van der Waals surface area contributed by atoms with Crippen molar-refractivity contribution >= 4 is 5.97 Å². The molecule has 0 aromatic carbocycles. The summed E-state index contributed by atoms with van der Waals surface area (Å²) in [6.07, 6.45) is 0.343. The van der Waals surface area contributed by atoms with Crippen LogP contribution in [0.25, 0.3) is 11.4 Å². The average Bonchev–Trinajstić information content (AvgIpc) is 3.23. The summed E-state index contributed by atoms with van der Waals surface area (Å²) in [5.74, 6) is -0.648. The number of alkyl halides is 3. The molecule has 0 atom stereocenters. The van der Waals surface area contributed by atoms with Crippen LogP contribution in [-0.4, -0.2) is 27.3 Å². The van der Waals surface area contributed by atoms with Crippen molar-refractivity contribution < 1.29 is 22.7 Å². The van der Waals surface area contributed by atoms with Crippen molar-refractivity contribution in [3.8, 4) is 11.4 Å². The highest BCUT2D eigenvalue weighted by molar-refractivity contribution is 5.88. The van der Waals surface area contributed by atoms with Gasteiger partial charge >= 0.3 is 12.1 Å². The first-order chi connectivity index (χ1) is 11.9. The van der Waals surface area contributed by atoms with Crippen LogP contribution < -0.4 is 0 Å². The Kier molecular flexibility index (Phi) is 4.78. The fourth-order valence-corrected chi connectivity index (χ4v) is 3.14. The second-order valence-electron chi connectivity index (χ2n) is 5.92. The zero-order chi connectivity index (χ0) is 18.0. The van der Waals surface area contributed by atoms with Crippen LogP contribution in [0.5, 0.6) is 0 Å². The van der Waals surface area contributed by atoms with E-state index < -0.39 is 17.7 Å². The van der Waals surface area contributed by atoms with E-state index in [0.29, 0.717) is 0 Å². The van der Waals surface area contributed by atoms with Gasteiger partial charge in [-0.3, -0.25) is 9.67 Å². The van der Waals surface area contributed by atoms with Crippen LogP contribution in [0.3, 0.4) is 0 Å². The SMILES string of the molecule is CCOC(=O)c1cc(-c2ncccc2C(F)(F)F)n(C2CCCC2)n1.